The first-order chi connectivity index (χ1) is 15.3. The second-order valence-electron chi connectivity index (χ2n) is 9.81. The van der Waals surface area contributed by atoms with Gasteiger partial charge >= 0.3 is 5.97 Å². The van der Waals surface area contributed by atoms with Crippen molar-refractivity contribution in [1.82, 2.24) is 0 Å². The monoisotopic (exact) mass is 438 g/mol. The van der Waals surface area contributed by atoms with E-state index < -0.39 is 0 Å². The van der Waals surface area contributed by atoms with Crippen molar-refractivity contribution in [3.05, 3.63) is 0 Å². The molecule has 0 N–H and O–H groups in total. The molecule has 1 atom stereocenters. The van der Waals surface area contributed by atoms with Gasteiger partial charge in [-0.3, -0.25) is 4.79 Å². The summed E-state index contributed by atoms with van der Waals surface area (Å²) in [6.07, 6.45) is 30.1. The average Bonchev–Trinajstić information content (AvgIpc) is 2.77. The lowest BCUT2D eigenvalue weighted by Crippen LogP contribution is -2.18. The largest absolute Gasteiger partial charge is 0.465 e. The number of hydrogen-bond donors (Lipinski definition) is 0. The van der Waals surface area contributed by atoms with Crippen LogP contribution < -0.4 is 0 Å². The summed E-state index contributed by atoms with van der Waals surface area (Å²) in [5.41, 5.74) is 0. The zero-order valence-electron chi connectivity index (χ0n) is 21.9. The molecule has 0 aromatic heterocycles. The molecule has 0 fully saturated rings. The van der Waals surface area contributed by atoms with Crippen molar-refractivity contribution in [2.45, 2.75) is 168 Å². The highest BCUT2D eigenvalue weighted by Gasteiger charge is 2.18. The van der Waals surface area contributed by atoms with E-state index in [4.69, 9.17) is 4.74 Å². The van der Waals surface area contributed by atoms with Gasteiger partial charge in [0, 0.05) is 0 Å². The molecule has 0 aliphatic rings. The van der Waals surface area contributed by atoms with Gasteiger partial charge in [0.05, 0.1) is 12.5 Å². The van der Waals surface area contributed by atoms with Crippen molar-refractivity contribution in [1.29, 1.82) is 0 Å². The molecule has 0 rings (SSSR count). The molecule has 0 saturated carbocycles. The van der Waals surface area contributed by atoms with Crippen LogP contribution >= 0.6 is 0 Å². The van der Waals surface area contributed by atoms with Crippen molar-refractivity contribution in [3.63, 3.8) is 0 Å². The fraction of sp³-hybridized carbons (Fsp3) is 0.966. The quantitative estimate of drug-likeness (QED) is 0.105. The highest BCUT2D eigenvalue weighted by Crippen LogP contribution is 2.18. The summed E-state index contributed by atoms with van der Waals surface area (Å²) in [6, 6.07) is 0. The molecule has 2 nitrogen and oxygen atoms in total. The molecule has 0 radical (unpaired) electrons. The molecule has 0 saturated heterocycles. The first-order valence-corrected chi connectivity index (χ1v) is 14.4. The van der Waals surface area contributed by atoms with Crippen LogP contribution in [-0.2, 0) is 9.53 Å². The summed E-state index contributed by atoms with van der Waals surface area (Å²) in [6.45, 7) is 7.30. The van der Waals surface area contributed by atoms with Gasteiger partial charge in [-0.2, -0.15) is 0 Å². The van der Waals surface area contributed by atoms with Gasteiger partial charge < -0.3 is 4.74 Å². The smallest absolute Gasteiger partial charge is 0.308 e. The van der Waals surface area contributed by atoms with E-state index >= 15 is 0 Å². The highest BCUT2D eigenvalue weighted by atomic mass is 16.5. The Balaban J connectivity index is 3.34. The number of rotatable bonds is 25. The van der Waals surface area contributed by atoms with Crippen LogP contribution in [0.2, 0.25) is 0 Å². The number of unbranched alkanes of at least 4 members (excludes halogenated alkanes) is 18. The van der Waals surface area contributed by atoms with Crippen molar-refractivity contribution in [3.8, 4) is 0 Å². The Morgan fingerprint density at radius 3 is 1.29 bits per heavy atom. The van der Waals surface area contributed by atoms with Crippen LogP contribution in [0.25, 0.3) is 0 Å². The summed E-state index contributed by atoms with van der Waals surface area (Å²) in [7, 11) is 0. The minimum atomic E-state index is 0.0643. The van der Waals surface area contributed by atoms with Crippen LogP contribution in [0, 0.1) is 5.92 Å². The molecule has 0 amide bonds. The fourth-order valence-corrected chi connectivity index (χ4v) is 4.49. The van der Waals surface area contributed by atoms with Crippen molar-refractivity contribution >= 4 is 5.97 Å². The van der Waals surface area contributed by atoms with Crippen LogP contribution in [0.1, 0.15) is 168 Å². The third-order valence-electron chi connectivity index (χ3n) is 6.62. The Kier molecular flexibility index (Phi) is 25.3. The summed E-state index contributed by atoms with van der Waals surface area (Å²) in [5.74, 6) is 0.205. The van der Waals surface area contributed by atoms with Crippen LogP contribution in [0.4, 0.5) is 0 Å². The molecular weight excluding hydrogens is 380 g/mol. The minimum Gasteiger partial charge on any atom is -0.465 e. The maximum absolute atomic E-state index is 12.3. The molecule has 0 aromatic carbocycles. The zero-order valence-corrected chi connectivity index (χ0v) is 21.9. The van der Waals surface area contributed by atoms with E-state index in [0.29, 0.717) is 6.61 Å². The van der Waals surface area contributed by atoms with Gasteiger partial charge in [-0.25, -0.2) is 0 Å². The molecule has 31 heavy (non-hydrogen) atoms. The Hall–Kier alpha value is -0.530. The van der Waals surface area contributed by atoms with Gasteiger partial charge in [-0.15, -0.1) is 0 Å². The van der Waals surface area contributed by atoms with Gasteiger partial charge in [-0.1, -0.05) is 149 Å². The standard InChI is InChI=1S/C29H58O2/c1-4-7-9-10-11-12-13-14-15-16-17-18-19-20-21-22-24-27-31-29(30)28(25-6-3)26-23-8-5-2/h28H,4-27H2,1-3H3. The molecule has 2 heteroatoms. The normalized spacial score (nSPS) is 12.2. The minimum absolute atomic E-state index is 0.0643. The summed E-state index contributed by atoms with van der Waals surface area (Å²) >= 11 is 0. The van der Waals surface area contributed by atoms with Crippen LogP contribution in [-0.4, -0.2) is 12.6 Å². The maximum Gasteiger partial charge on any atom is 0.308 e. The molecule has 0 aliphatic heterocycles. The lowest BCUT2D eigenvalue weighted by Gasteiger charge is -2.15. The van der Waals surface area contributed by atoms with E-state index in [1.165, 1.54) is 116 Å². The lowest BCUT2D eigenvalue weighted by atomic mass is 9.97. The predicted octanol–water partition coefficient (Wildman–Crippen LogP) is 10.2. The van der Waals surface area contributed by atoms with E-state index in [2.05, 4.69) is 20.8 Å². The zero-order chi connectivity index (χ0) is 22.8. The molecule has 1 unspecified atom stereocenters. The molecule has 186 valence electrons. The van der Waals surface area contributed by atoms with Gasteiger partial charge in [0.2, 0.25) is 0 Å². The van der Waals surface area contributed by atoms with Crippen molar-refractivity contribution in [2.75, 3.05) is 6.61 Å². The van der Waals surface area contributed by atoms with Gasteiger partial charge in [0.15, 0.2) is 0 Å². The Bertz CT molecular complexity index is 353. The Labute approximate surface area is 196 Å². The maximum atomic E-state index is 12.3. The second kappa shape index (κ2) is 25.7. The van der Waals surface area contributed by atoms with Crippen molar-refractivity contribution in [2.24, 2.45) is 5.92 Å². The summed E-state index contributed by atoms with van der Waals surface area (Å²) in [4.78, 5) is 12.3. The first kappa shape index (κ1) is 30.5. The second-order valence-corrected chi connectivity index (χ2v) is 9.81. The number of hydrogen-bond acceptors (Lipinski definition) is 2. The number of esters is 1. The topological polar surface area (TPSA) is 26.3 Å². The summed E-state index contributed by atoms with van der Waals surface area (Å²) < 4.78 is 5.57. The molecule has 0 aliphatic carbocycles. The van der Waals surface area contributed by atoms with Crippen LogP contribution in [0.5, 0.6) is 0 Å². The Morgan fingerprint density at radius 1 is 0.484 bits per heavy atom. The van der Waals surface area contributed by atoms with E-state index in [1.807, 2.05) is 0 Å². The molecule has 0 heterocycles. The van der Waals surface area contributed by atoms with Gasteiger partial charge in [0.25, 0.3) is 0 Å². The fourth-order valence-electron chi connectivity index (χ4n) is 4.49. The van der Waals surface area contributed by atoms with Crippen molar-refractivity contribution < 1.29 is 9.53 Å². The average molecular weight is 439 g/mol. The van der Waals surface area contributed by atoms with E-state index in [9.17, 15) is 4.79 Å². The van der Waals surface area contributed by atoms with Gasteiger partial charge in [-0.05, 0) is 19.3 Å². The number of carbonyl (C=O) groups is 1. The lowest BCUT2D eigenvalue weighted by molar-refractivity contribution is -0.149. The summed E-state index contributed by atoms with van der Waals surface area (Å²) in [5, 5.41) is 0. The Morgan fingerprint density at radius 2 is 0.871 bits per heavy atom. The van der Waals surface area contributed by atoms with Crippen LogP contribution in [0.3, 0.4) is 0 Å². The van der Waals surface area contributed by atoms with E-state index in [-0.39, 0.29) is 11.9 Å². The highest BCUT2D eigenvalue weighted by molar-refractivity contribution is 5.72. The molecule has 0 bridgehead atoms. The number of carbonyl (C=O) groups excluding carboxylic acids is 1. The molecule has 0 aromatic rings. The first-order valence-electron chi connectivity index (χ1n) is 14.4. The number of ether oxygens (including phenoxy) is 1. The van der Waals surface area contributed by atoms with Crippen LogP contribution in [0.15, 0.2) is 0 Å². The third-order valence-corrected chi connectivity index (χ3v) is 6.62. The molecule has 0 spiro atoms. The third kappa shape index (κ3) is 22.5. The van der Waals surface area contributed by atoms with E-state index in [0.717, 1.165) is 32.1 Å². The van der Waals surface area contributed by atoms with E-state index in [1.54, 1.807) is 0 Å². The predicted molar refractivity (Wildman–Crippen MR) is 138 cm³/mol. The SMILES string of the molecule is CCCCCCCCCCCCCCCCCCCOC(=O)C(CCC)CCCCC. The van der Waals surface area contributed by atoms with Gasteiger partial charge in [0.1, 0.15) is 0 Å². The molecular formula is C29H58O2.